The largest absolute Gasteiger partial charge is 0.505 e. The fraction of sp³-hybridized carbons (Fsp3) is 0.333. The van der Waals surface area contributed by atoms with Crippen LogP contribution >= 0.6 is 0 Å². The molecule has 3 N–H and O–H groups in total. The van der Waals surface area contributed by atoms with Crippen molar-refractivity contribution in [3.8, 4) is 11.5 Å². The second-order valence-corrected chi connectivity index (χ2v) is 3.62. The van der Waals surface area contributed by atoms with Gasteiger partial charge in [0.2, 0.25) is 0 Å². The van der Waals surface area contributed by atoms with Crippen LogP contribution in [0.25, 0.3) is 10.4 Å². The van der Waals surface area contributed by atoms with Crippen molar-refractivity contribution in [3.63, 3.8) is 0 Å². The number of fused-ring (bicyclic) bond motifs is 1. The van der Waals surface area contributed by atoms with Gasteiger partial charge in [0, 0.05) is 23.1 Å². The van der Waals surface area contributed by atoms with Gasteiger partial charge in [-0.2, -0.15) is 0 Å². The molecule has 0 fully saturated rings. The van der Waals surface area contributed by atoms with E-state index in [2.05, 4.69) is 10.0 Å². The predicted octanol–water partition coefficient (Wildman–Crippen LogP) is 1.70. The Morgan fingerprint density at radius 2 is 2.44 bits per heavy atom. The maximum atomic E-state index is 9.71. The van der Waals surface area contributed by atoms with E-state index >= 15 is 0 Å². The first kappa shape index (κ1) is 10.4. The molecule has 2 rings (SSSR count). The highest BCUT2D eigenvalue weighted by atomic mass is 16.5. The summed E-state index contributed by atoms with van der Waals surface area (Å²) in [6.07, 6.45) is 0. The molecule has 7 nitrogen and oxygen atoms in total. The Balaban J connectivity index is 2.64. The Kier molecular flexibility index (Phi) is 2.47. The average molecular weight is 221 g/mol. The van der Waals surface area contributed by atoms with E-state index in [9.17, 15) is 5.11 Å². The first-order valence-corrected chi connectivity index (χ1v) is 4.64. The van der Waals surface area contributed by atoms with E-state index < -0.39 is 0 Å². The van der Waals surface area contributed by atoms with E-state index in [1.165, 1.54) is 6.07 Å². The summed E-state index contributed by atoms with van der Waals surface area (Å²) in [5.74, 6) is 0.353. The van der Waals surface area contributed by atoms with Gasteiger partial charge in [0.15, 0.2) is 0 Å². The molecule has 7 heteroatoms. The number of phenols is 1. The Morgan fingerprint density at radius 3 is 3.12 bits per heavy atom. The molecule has 0 radical (unpaired) electrons. The molecule has 0 atom stereocenters. The standard InChI is InChI=1S/C9H11N5O2/c1-14-3-5-7(16-4-14)2-6(10)9(15)8(5)12-13-11/h2,15H,3-4,10H2,1H3. The van der Waals surface area contributed by atoms with E-state index in [1.807, 2.05) is 11.9 Å². The van der Waals surface area contributed by atoms with Gasteiger partial charge in [-0.15, -0.1) is 0 Å². The van der Waals surface area contributed by atoms with Crippen molar-refractivity contribution in [2.24, 2.45) is 5.11 Å². The Bertz CT molecular complexity index is 481. The zero-order valence-electron chi connectivity index (χ0n) is 8.71. The summed E-state index contributed by atoms with van der Waals surface area (Å²) in [7, 11) is 1.86. The van der Waals surface area contributed by atoms with Crippen LogP contribution in [0, 0.1) is 0 Å². The Morgan fingerprint density at radius 1 is 1.69 bits per heavy atom. The second kappa shape index (κ2) is 3.80. The van der Waals surface area contributed by atoms with Gasteiger partial charge < -0.3 is 15.6 Å². The maximum Gasteiger partial charge on any atom is 0.148 e. The van der Waals surface area contributed by atoms with E-state index in [4.69, 9.17) is 16.0 Å². The number of azide groups is 1. The van der Waals surface area contributed by atoms with Crippen molar-refractivity contribution in [3.05, 3.63) is 22.1 Å². The van der Waals surface area contributed by atoms with Crippen molar-refractivity contribution in [1.82, 2.24) is 4.90 Å². The molecule has 0 spiro atoms. The highest BCUT2D eigenvalue weighted by Gasteiger charge is 2.21. The number of anilines is 1. The van der Waals surface area contributed by atoms with Crippen LogP contribution in [0.4, 0.5) is 11.4 Å². The molecular weight excluding hydrogens is 210 g/mol. The van der Waals surface area contributed by atoms with Crippen LogP contribution in [0.5, 0.6) is 11.5 Å². The summed E-state index contributed by atoms with van der Waals surface area (Å²) in [5, 5.41) is 13.2. The molecule has 0 aliphatic carbocycles. The fourth-order valence-corrected chi connectivity index (χ4v) is 1.62. The number of nitrogen functional groups attached to an aromatic ring is 1. The number of hydrogen-bond donors (Lipinski definition) is 2. The summed E-state index contributed by atoms with van der Waals surface area (Å²) in [4.78, 5) is 4.56. The molecule has 1 aromatic carbocycles. The van der Waals surface area contributed by atoms with Gasteiger partial charge in [0.25, 0.3) is 0 Å². The van der Waals surface area contributed by atoms with Crippen molar-refractivity contribution in [2.45, 2.75) is 6.54 Å². The smallest absolute Gasteiger partial charge is 0.148 e. The lowest BCUT2D eigenvalue weighted by Crippen LogP contribution is -2.28. The third kappa shape index (κ3) is 1.58. The maximum absolute atomic E-state index is 9.71. The summed E-state index contributed by atoms with van der Waals surface area (Å²) in [5.41, 5.74) is 15.0. The molecule has 1 aliphatic rings. The Hall–Kier alpha value is -2.11. The van der Waals surface area contributed by atoms with Crippen LogP contribution in [-0.4, -0.2) is 23.8 Å². The molecule has 1 aliphatic heterocycles. The minimum Gasteiger partial charge on any atom is -0.505 e. The third-order valence-electron chi connectivity index (χ3n) is 2.38. The van der Waals surface area contributed by atoms with Crippen molar-refractivity contribution in [2.75, 3.05) is 19.5 Å². The van der Waals surface area contributed by atoms with Crippen LogP contribution in [0.3, 0.4) is 0 Å². The van der Waals surface area contributed by atoms with Crippen LogP contribution in [0.15, 0.2) is 11.2 Å². The van der Waals surface area contributed by atoms with Gasteiger partial charge in [-0.25, -0.2) is 0 Å². The molecule has 0 unspecified atom stereocenters. The lowest BCUT2D eigenvalue weighted by molar-refractivity contribution is 0.122. The fourth-order valence-electron chi connectivity index (χ4n) is 1.62. The van der Waals surface area contributed by atoms with Crippen LogP contribution in [-0.2, 0) is 6.54 Å². The van der Waals surface area contributed by atoms with Crippen molar-refractivity contribution in [1.29, 1.82) is 0 Å². The lowest BCUT2D eigenvalue weighted by atomic mass is 10.1. The molecule has 84 valence electrons. The number of ether oxygens (including phenoxy) is 1. The second-order valence-electron chi connectivity index (χ2n) is 3.62. The first-order chi connectivity index (χ1) is 7.63. The summed E-state index contributed by atoms with van der Waals surface area (Å²) < 4.78 is 5.41. The van der Waals surface area contributed by atoms with Gasteiger partial charge in [0.05, 0.1) is 11.4 Å². The minimum atomic E-state index is -0.199. The number of phenolic OH excluding ortho intramolecular Hbond substituents is 1. The van der Waals surface area contributed by atoms with E-state index in [0.717, 1.165) is 0 Å². The molecule has 0 saturated heterocycles. The lowest BCUT2D eigenvalue weighted by Gasteiger charge is -2.27. The summed E-state index contributed by atoms with van der Waals surface area (Å²) in [6.45, 7) is 0.977. The molecule has 0 bridgehead atoms. The van der Waals surface area contributed by atoms with Crippen LogP contribution < -0.4 is 10.5 Å². The van der Waals surface area contributed by atoms with E-state index in [-0.39, 0.29) is 17.1 Å². The predicted molar refractivity (Wildman–Crippen MR) is 58.3 cm³/mol. The number of nitrogens with two attached hydrogens (primary N) is 1. The molecular formula is C9H11N5O2. The zero-order valence-corrected chi connectivity index (χ0v) is 8.71. The van der Waals surface area contributed by atoms with Gasteiger partial charge in [0.1, 0.15) is 18.2 Å². The summed E-state index contributed by atoms with van der Waals surface area (Å²) >= 11 is 0. The minimum absolute atomic E-state index is 0.143. The average Bonchev–Trinajstić information content (AvgIpc) is 2.26. The van der Waals surface area contributed by atoms with Gasteiger partial charge in [-0.3, -0.25) is 4.90 Å². The monoisotopic (exact) mass is 221 g/mol. The molecule has 1 aromatic rings. The van der Waals surface area contributed by atoms with Crippen LogP contribution in [0.2, 0.25) is 0 Å². The molecule has 0 amide bonds. The zero-order chi connectivity index (χ0) is 11.7. The Labute approximate surface area is 91.7 Å². The van der Waals surface area contributed by atoms with Crippen LogP contribution in [0.1, 0.15) is 5.56 Å². The van der Waals surface area contributed by atoms with Crippen molar-refractivity contribution < 1.29 is 9.84 Å². The van der Waals surface area contributed by atoms with Gasteiger partial charge in [-0.05, 0) is 12.6 Å². The van der Waals surface area contributed by atoms with E-state index in [0.29, 0.717) is 24.6 Å². The number of aromatic hydroxyl groups is 1. The van der Waals surface area contributed by atoms with Crippen molar-refractivity contribution >= 4 is 11.4 Å². The third-order valence-corrected chi connectivity index (χ3v) is 2.38. The number of hydrogen-bond acceptors (Lipinski definition) is 5. The van der Waals surface area contributed by atoms with Gasteiger partial charge >= 0.3 is 0 Å². The summed E-state index contributed by atoms with van der Waals surface area (Å²) in [6, 6.07) is 1.54. The number of benzene rings is 1. The highest BCUT2D eigenvalue weighted by molar-refractivity contribution is 5.73. The van der Waals surface area contributed by atoms with Gasteiger partial charge in [-0.1, -0.05) is 5.11 Å². The number of nitrogens with zero attached hydrogens (tertiary/aromatic N) is 4. The SMILES string of the molecule is CN1COc2cc(N)c(O)c(N=[N+]=[N-])c2C1. The molecule has 0 saturated carbocycles. The first-order valence-electron chi connectivity index (χ1n) is 4.64. The normalized spacial score (nSPS) is 14.8. The number of rotatable bonds is 1. The molecule has 1 heterocycles. The molecule has 16 heavy (non-hydrogen) atoms. The quantitative estimate of drug-likeness (QED) is 0.247. The van der Waals surface area contributed by atoms with E-state index in [1.54, 1.807) is 0 Å². The topological polar surface area (TPSA) is 107 Å². The highest BCUT2D eigenvalue weighted by Crippen LogP contribution is 2.43. The molecule has 0 aromatic heterocycles.